The monoisotopic (exact) mass is 316 g/mol. The van der Waals surface area contributed by atoms with Crippen LogP contribution in [-0.4, -0.2) is 16.3 Å². The highest BCUT2D eigenvalue weighted by atomic mass is 32.2. The Hall–Kier alpha value is -0.130. The maximum absolute atomic E-state index is 6.29. The fraction of sp³-hybridized carbons (Fsp3) is 0.571. The maximum atomic E-state index is 6.29. The van der Waals surface area contributed by atoms with Crippen molar-refractivity contribution in [2.24, 2.45) is 0 Å². The summed E-state index contributed by atoms with van der Waals surface area (Å²) in [5, 5.41) is 1.03. The summed E-state index contributed by atoms with van der Waals surface area (Å²) in [7, 11) is 0. The topological polar surface area (TPSA) is 52.0 Å². The summed E-state index contributed by atoms with van der Waals surface area (Å²) in [4.78, 5) is 3.36. The first-order chi connectivity index (χ1) is 8.86. The third-order valence-corrected chi connectivity index (χ3v) is 5.44. The molecule has 0 amide bonds. The van der Waals surface area contributed by atoms with Crippen LogP contribution < -0.4 is 11.5 Å². The molecule has 4 N–H and O–H groups in total. The summed E-state index contributed by atoms with van der Waals surface area (Å²) in [6, 6.07) is 2.15. The van der Waals surface area contributed by atoms with Crippen LogP contribution in [-0.2, 0) is 0 Å². The van der Waals surface area contributed by atoms with Crippen LogP contribution >= 0.6 is 35.3 Å². The van der Waals surface area contributed by atoms with Crippen molar-refractivity contribution in [3.8, 4) is 0 Å². The van der Waals surface area contributed by atoms with Gasteiger partial charge in [-0.25, -0.2) is 0 Å². The molecule has 0 atom stereocenters. The highest BCUT2D eigenvalue weighted by Gasteiger charge is 2.16. The molecule has 1 rings (SSSR count). The van der Waals surface area contributed by atoms with E-state index in [2.05, 4.69) is 40.7 Å². The van der Waals surface area contributed by atoms with Crippen molar-refractivity contribution in [3.05, 3.63) is 6.07 Å². The predicted octanol–water partition coefficient (Wildman–Crippen LogP) is 4.96. The van der Waals surface area contributed by atoms with Crippen LogP contribution in [0.25, 0.3) is 0 Å². The van der Waals surface area contributed by atoms with E-state index in [-0.39, 0.29) is 0 Å². The molecule has 0 heterocycles. The predicted molar refractivity (Wildman–Crippen MR) is 93.7 cm³/mol. The lowest BCUT2D eigenvalue weighted by atomic mass is 10.3. The van der Waals surface area contributed by atoms with E-state index in [1.165, 1.54) is 0 Å². The summed E-state index contributed by atoms with van der Waals surface area (Å²) < 4.78 is 0. The second-order valence-corrected chi connectivity index (χ2v) is 9.31. The van der Waals surface area contributed by atoms with Gasteiger partial charge in [-0.05, 0) is 11.8 Å². The fourth-order valence-corrected chi connectivity index (χ4v) is 4.52. The van der Waals surface area contributed by atoms with Gasteiger partial charge in [-0.1, -0.05) is 34.6 Å². The molecule has 0 aliphatic rings. The molecule has 108 valence electrons. The van der Waals surface area contributed by atoms with Crippen LogP contribution in [0.3, 0.4) is 0 Å². The first-order valence-corrected chi connectivity index (χ1v) is 9.29. The lowest BCUT2D eigenvalue weighted by Gasteiger charge is -2.18. The molecular formula is C14H24N2S3. The zero-order chi connectivity index (χ0) is 14.6. The van der Waals surface area contributed by atoms with E-state index < -0.39 is 0 Å². The minimum Gasteiger partial charge on any atom is -0.397 e. The summed E-state index contributed by atoms with van der Waals surface area (Å²) >= 11 is 5.35. The summed E-state index contributed by atoms with van der Waals surface area (Å²) in [6.45, 7) is 10.9. The molecule has 0 saturated heterocycles. The minimum absolute atomic E-state index is 0.516. The van der Waals surface area contributed by atoms with E-state index >= 15 is 0 Å². The summed E-state index contributed by atoms with van der Waals surface area (Å²) in [6.07, 6.45) is 0. The lowest BCUT2D eigenvalue weighted by Crippen LogP contribution is -2.02. The van der Waals surface area contributed by atoms with E-state index in [9.17, 15) is 0 Å². The third kappa shape index (κ3) is 4.72. The number of thioether (sulfide) groups is 3. The van der Waals surface area contributed by atoms with E-state index in [1.54, 1.807) is 11.8 Å². The van der Waals surface area contributed by atoms with Crippen LogP contribution in [0.5, 0.6) is 0 Å². The van der Waals surface area contributed by atoms with E-state index in [4.69, 9.17) is 11.5 Å². The second-order valence-electron chi connectivity index (χ2n) is 4.80. The highest BCUT2D eigenvalue weighted by molar-refractivity contribution is 8.01. The Balaban J connectivity index is 3.27. The first kappa shape index (κ1) is 16.9. The molecule has 0 saturated carbocycles. The van der Waals surface area contributed by atoms with Gasteiger partial charge < -0.3 is 11.5 Å². The highest BCUT2D eigenvalue weighted by Crippen LogP contribution is 2.45. The summed E-state index contributed by atoms with van der Waals surface area (Å²) in [5.74, 6) is 0.982. The molecule has 0 unspecified atom stereocenters. The zero-order valence-electron chi connectivity index (χ0n) is 12.3. The van der Waals surface area contributed by atoms with E-state index in [0.717, 1.165) is 31.8 Å². The summed E-state index contributed by atoms with van der Waals surface area (Å²) in [5.41, 5.74) is 14.3. The third-order valence-electron chi connectivity index (χ3n) is 2.30. The van der Waals surface area contributed by atoms with Gasteiger partial charge in [-0.15, -0.1) is 35.3 Å². The SMILES string of the molecule is CCSc1c(N)c(SC(C)C)cc(SC(C)C)c1N. The molecule has 1 aromatic rings. The Kier molecular flexibility index (Phi) is 6.77. The maximum Gasteiger partial charge on any atom is 0.0612 e. The van der Waals surface area contributed by atoms with Crippen molar-refractivity contribution < 1.29 is 0 Å². The van der Waals surface area contributed by atoms with E-state index in [0.29, 0.717) is 10.5 Å². The van der Waals surface area contributed by atoms with Gasteiger partial charge in [0.15, 0.2) is 0 Å². The Bertz CT molecular complexity index is 397. The zero-order valence-corrected chi connectivity index (χ0v) is 14.8. The van der Waals surface area contributed by atoms with Crippen molar-refractivity contribution >= 4 is 46.7 Å². The average Bonchev–Trinajstić information content (AvgIpc) is 2.29. The van der Waals surface area contributed by atoms with Crippen LogP contribution in [0.15, 0.2) is 20.8 Å². The fourth-order valence-electron chi connectivity index (χ4n) is 1.65. The number of hydrogen-bond acceptors (Lipinski definition) is 5. The van der Waals surface area contributed by atoms with Crippen LogP contribution in [0, 0.1) is 0 Å². The molecule has 0 aromatic heterocycles. The van der Waals surface area contributed by atoms with Crippen molar-refractivity contribution in [1.29, 1.82) is 0 Å². The van der Waals surface area contributed by atoms with Crippen molar-refractivity contribution in [2.75, 3.05) is 17.2 Å². The largest absolute Gasteiger partial charge is 0.397 e. The smallest absolute Gasteiger partial charge is 0.0612 e. The van der Waals surface area contributed by atoms with Crippen molar-refractivity contribution in [2.45, 2.75) is 59.8 Å². The molecule has 0 bridgehead atoms. The molecule has 0 aliphatic carbocycles. The normalized spacial score (nSPS) is 11.5. The number of benzene rings is 1. The molecule has 1 aromatic carbocycles. The van der Waals surface area contributed by atoms with Crippen LogP contribution in [0.2, 0.25) is 0 Å². The van der Waals surface area contributed by atoms with Gasteiger partial charge in [0.25, 0.3) is 0 Å². The quantitative estimate of drug-likeness (QED) is 0.573. The molecular weight excluding hydrogens is 292 g/mol. The molecule has 0 aliphatic heterocycles. The lowest BCUT2D eigenvalue weighted by molar-refractivity contribution is 1.09. The molecule has 5 heteroatoms. The number of rotatable bonds is 6. The average molecular weight is 317 g/mol. The standard InChI is InChI=1S/C14H24N2S3/c1-6-17-14-12(15)10(18-8(2)3)7-11(13(14)16)19-9(4)5/h7-9H,6,15-16H2,1-5H3. The molecule has 19 heavy (non-hydrogen) atoms. The number of anilines is 2. The number of nitrogen functional groups attached to an aromatic ring is 2. The van der Waals surface area contributed by atoms with Gasteiger partial charge >= 0.3 is 0 Å². The van der Waals surface area contributed by atoms with Gasteiger partial charge in [0.05, 0.1) is 16.3 Å². The van der Waals surface area contributed by atoms with Gasteiger partial charge in [0.2, 0.25) is 0 Å². The Morgan fingerprint density at radius 1 is 0.947 bits per heavy atom. The Morgan fingerprint density at radius 2 is 1.37 bits per heavy atom. The first-order valence-electron chi connectivity index (χ1n) is 6.54. The minimum atomic E-state index is 0.516. The van der Waals surface area contributed by atoms with Gasteiger partial charge in [-0.2, -0.15) is 0 Å². The second kappa shape index (κ2) is 7.60. The van der Waals surface area contributed by atoms with Crippen molar-refractivity contribution in [1.82, 2.24) is 0 Å². The molecule has 2 nitrogen and oxygen atoms in total. The Labute approximate surface area is 129 Å². The number of hydrogen-bond donors (Lipinski definition) is 2. The van der Waals surface area contributed by atoms with Crippen molar-refractivity contribution in [3.63, 3.8) is 0 Å². The van der Waals surface area contributed by atoms with Gasteiger partial charge in [-0.3, -0.25) is 0 Å². The molecule has 0 radical (unpaired) electrons. The van der Waals surface area contributed by atoms with E-state index in [1.807, 2.05) is 23.5 Å². The number of nitrogens with two attached hydrogens (primary N) is 2. The Morgan fingerprint density at radius 3 is 1.68 bits per heavy atom. The molecule has 0 fully saturated rings. The van der Waals surface area contributed by atoms with Crippen LogP contribution in [0.1, 0.15) is 34.6 Å². The molecule has 0 spiro atoms. The van der Waals surface area contributed by atoms with Gasteiger partial charge in [0, 0.05) is 20.3 Å². The van der Waals surface area contributed by atoms with Gasteiger partial charge in [0.1, 0.15) is 0 Å². The van der Waals surface area contributed by atoms with Crippen LogP contribution in [0.4, 0.5) is 11.4 Å².